The van der Waals surface area contributed by atoms with E-state index in [4.69, 9.17) is 8.83 Å². The van der Waals surface area contributed by atoms with Gasteiger partial charge >= 0.3 is 0 Å². The molecule has 4 heteroatoms. The lowest BCUT2D eigenvalue weighted by molar-refractivity contribution is 0.668. The average molecular weight is 606 g/mol. The monoisotopic (exact) mass is 605 g/mol. The van der Waals surface area contributed by atoms with Crippen molar-refractivity contribution in [3.63, 3.8) is 0 Å². The van der Waals surface area contributed by atoms with E-state index in [-0.39, 0.29) is 0 Å². The summed E-state index contributed by atoms with van der Waals surface area (Å²) in [6.45, 7) is 0. The standard InChI is InChI=1S/C42H23NO2S/c1-4-13-35-27(8-1)31-19-20-33-30-10-3-6-15-39(30)46-42(33)40(31)43(35)25-17-21-37-34(23-25)29-18-16-24(22-38(29)44-37)26-11-7-12-32-28-9-2-5-14-36(28)45-41(26)32/h1-23H. The van der Waals surface area contributed by atoms with E-state index in [0.29, 0.717) is 0 Å². The van der Waals surface area contributed by atoms with Crippen LogP contribution in [0.4, 0.5) is 0 Å². The molecule has 0 unspecified atom stereocenters. The van der Waals surface area contributed by atoms with E-state index in [1.54, 1.807) is 0 Å². The highest BCUT2D eigenvalue weighted by molar-refractivity contribution is 7.26. The van der Waals surface area contributed by atoms with E-state index in [0.717, 1.165) is 60.7 Å². The van der Waals surface area contributed by atoms with Crippen LogP contribution in [0, 0.1) is 0 Å². The Morgan fingerprint density at radius 2 is 1.20 bits per heavy atom. The fraction of sp³-hybridized carbons (Fsp3) is 0. The second kappa shape index (κ2) is 8.87. The molecule has 11 rings (SSSR count). The van der Waals surface area contributed by atoms with Crippen LogP contribution < -0.4 is 0 Å². The van der Waals surface area contributed by atoms with Crippen molar-refractivity contribution in [3.8, 4) is 16.8 Å². The van der Waals surface area contributed by atoms with Crippen LogP contribution >= 0.6 is 11.3 Å². The Labute approximate surface area is 266 Å². The van der Waals surface area contributed by atoms with Crippen LogP contribution in [0.2, 0.25) is 0 Å². The first-order valence-corrected chi connectivity index (χ1v) is 16.3. The van der Waals surface area contributed by atoms with Crippen LogP contribution in [0.1, 0.15) is 0 Å². The molecule has 3 nitrogen and oxygen atoms in total. The zero-order valence-electron chi connectivity index (χ0n) is 24.5. The molecular formula is C42H23NO2S. The van der Waals surface area contributed by atoms with Gasteiger partial charge in [-0.15, -0.1) is 11.3 Å². The minimum absolute atomic E-state index is 0.867. The number of hydrogen-bond acceptors (Lipinski definition) is 3. The predicted octanol–water partition coefficient (Wildman–Crippen LogP) is 12.6. The van der Waals surface area contributed by atoms with E-state index in [2.05, 4.69) is 132 Å². The highest BCUT2D eigenvalue weighted by Crippen LogP contribution is 2.44. The lowest BCUT2D eigenvalue weighted by Gasteiger charge is -2.09. The van der Waals surface area contributed by atoms with Crippen LogP contribution in [0.5, 0.6) is 0 Å². The van der Waals surface area contributed by atoms with Crippen molar-refractivity contribution in [2.24, 2.45) is 0 Å². The van der Waals surface area contributed by atoms with Gasteiger partial charge in [0, 0.05) is 59.0 Å². The fourth-order valence-electron chi connectivity index (χ4n) is 7.55. The van der Waals surface area contributed by atoms with Gasteiger partial charge < -0.3 is 13.4 Å². The topological polar surface area (TPSA) is 31.2 Å². The Morgan fingerprint density at radius 1 is 0.457 bits per heavy atom. The molecule has 0 radical (unpaired) electrons. The number of benzene rings is 7. The van der Waals surface area contributed by atoms with E-state index in [1.807, 2.05) is 23.5 Å². The summed E-state index contributed by atoms with van der Waals surface area (Å²) in [4.78, 5) is 0. The zero-order valence-corrected chi connectivity index (χ0v) is 25.3. The van der Waals surface area contributed by atoms with Gasteiger partial charge in [0.1, 0.15) is 22.3 Å². The molecule has 4 heterocycles. The Bertz CT molecular complexity index is 3040. The Hall–Kier alpha value is -5.84. The maximum absolute atomic E-state index is 6.51. The Morgan fingerprint density at radius 3 is 2.15 bits per heavy atom. The smallest absolute Gasteiger partial charge is 0.143 e. The summed E-state index contributed by atoms with van der Waals surface area (Å²) >= 11 is 1.88. The molecule has 0 spiro atoms. The molecule has 11 aromatic rings. The third kappa shape index (κ3) is 3.21. The van der Waals surface area contributed by atoms with E-state index >= 15 is 0 Å². The van der Waals surface area contributed by atoms with Gasteiger partial charge in [0.25, 0.3) is 0 Å². The molecule has 7 aromatic carbocycles. The number of rotatable bonds is 2. The summed E-state index contributed by atoms with van der Waals surface area (Å²) in [6.07, 6.45) is 0. The second-order valence-corrected chi connectivity index (χ2v) is 13.1. The van der Waals surface area contributed by atoms with Gasteiger partial charge in [0.15, 0.2) is 0 Å². The number of aromatic nitrogens is 1. The normalized spacial score (nSPS) is 12.3. The van der Waals surface area contributed by atoms with Crippen LogP contribution in [0.15, 0.2) is 148 Å². The first kappa shape index (κ1) is 24.5. The fourth-order valence-corrected chi connectivity index (χ4v) is 8.79. The number of nitrogens with zero attached hydrogens (tertiary/aromatic N) is 1. The number of para-hydroxylation sites is 3. The van der Waals surface area contributed by atoms with Crippen LogP contribution in [0.25, 0.3) is 103 Å². The van der Waals surface area contributed by atoms with Crippen molar-refractivity contribution in [1.82, 2.24) is 4.57 Å². The molecule has 0 aliphatic rings. The van der Waals surface area contributed by atoms with Crippen molar-refractivity contribution in [2.75, 3.05) is 0 Å². The summed E-state index contributed by atoms with van der Waals surface area (Å²) in [7, 11) is 0. The number of thiophene rings is 1. The van der Waals surface area contributed by atoms with Gasteiger partial charge in [0.05, 0.1) is 15.7 Å². The third-order valence-electron chi connectivity index (χ3n) is 9.61. The van der Waals surface area contributed by atoms with Crippen molar-refractivity contribution in [1.29, 1.82) is 0 Å². The van der Waals surface area contributed by atoms with Crippen LogP contribution in [0.3, 0.4) is 0 Å². The quantitative estimate of drug-likeness (QED) is 0.196. The van der Waals surface area contributed by atoms with Gasteiger partial charge in [0.2, 0.25) is 0 Å². The number of fused-ring (bicyclic) bond motifs is 13. The summed E-state index contributed by atoms with van der Waals surface area (Å²) < 4.78 is 17.9. The van der Waals surface area contributed by atoms with Gasteiger partial charge in [-0.05, 0) is 54.1 Å². The predicted molar refractivity (Wildman–Crippen MR) is 194 cm³/mol. The Balaban J connectivity index is 1.14. The first-order chi connectivity index (χ1) is 22.8. The summed E-state index contributed by atoms with van der Waals surface area (Å²) in [5.74, 6) is 0. The molecule has 214 valence electrons. The second-order valence-electron chi connectivity index (χ2n) is 12.1. The largest absolute Gasteiger partial charge is 0.456 e. The molecule has 0 atom stereocenters. The maximum atomic E-state index is 6.51. The minimum Gasteiger partial charge on any atom is -0.456 e. The molecular weight excluding hydrogens is 583 g/mol. The molecule has 0 bridgehead atoms. The van der Waals surface area contributed by atoms with Gasteiger partial charge in [-0.25, -0.2) is 0 Å². The highest BCUT2D eigenvalue weighted by atomic mass is 32.1. The van der Waals surface area contributed by atoms with Crippen LogP contribution in [-0.4, -0.2) is 4.57 Å². The van der Waals surface area contributed by atoms with Crippen molar-refractivity contribution in [2.45, 2.75) is 0 Å². The minimum atomic E-state index is 0.867. The molecule has 0 amide bonds. The van der Waals surface area contributed by atoms with Crippen LogP contribution in [-0.2, 0) is 0 Å². The molecule has 0 saturated carbocycles. The molecule has 0 aliphatic heterocycles. The van der Waals surface area contributed by atoms with Gasteiger partial charge in [-0.3, -0.25) is 0 Å². The lowest BCUT2D eigenvalue weighted by atomic mass is 10.0. The molecule has 0 N–H and O–H groups in total. The van der Waals surface area contributed by atoms with Crippen molar-refractivity contribution < 1.29 is 8.83 Å². The summed E-state index contributed by atoms with van der Waals surface area (Å²) in [6, 6.07) is 49.8. The summed E-state index contributed by atoms with van der Waals surface area (Å²) in [5.41, 5.74) is 9.28. The van der Waals surface area contributed by atoms with Gasteiger partial charge in [-0.1, -0.05) is 91.0 Å². The van der Waals surface area contributed by atoms with Crippen molar-refractivity contribution >= 4 is 97.2 Å². The number of furan rings is 2. The maximum Gasteiger partial charge on any atom is 0.143 e. The SMILES string of the molecule is c1ccc2c(c1)oc1c(-c3ccc4c(c3)oc3ccc(-n5c6ccccc6c6ccc7c8ccccc8sc7c65)cc34)cccc12. The van der Waals surface area contributed by atoms with E-state index in [1.165, 1.54) is 42.0 Å². The van der Waals surface area contributed by atoms with E-state index in [9.17, 15) is 0 Å². The lowest BCUT2D eigenvalue weighted by Crippen LogP contribution is -1.93. The third-order valence-corrected chi connectivity index (χ3v) is 10.8. The summed E-state index contributed by atoms with van der Waals surface area (Å²) in [5, 5.41) is 9.62. The van der Waals surface area contributed by atoms with Gasteiger partial charge in [-0.2, -0.15) is 0 Å². The van der Waals surface area contributed by atoms with Crippen molar-refractivity contribution in [3.05, 3.63) is 140 Å². The first-order valence-electron chi connectivity index (χ1n) is 15.5. The molecule has 0 aliphatic carbocycles. The molecule has 0 saturated heterocycles. The highest BCUT2D eigenvalue weighted by Gasteiger charge is 2.19. The molecule has 46 heavy (non-hydrogen) atoms. The zero-order chi connectivity index (χ0) is 29.9. The average Bonchev–Trinajstić information content (AvgIpc) is 3.86. The van der Waals surface area contributed by atoms with E-state index < -0.39 is 0 Å². The number of hydrogen-bond donors (Lipinski definition) is 0. The Kier molecular flexibility index (Phi) is 4.72. The molecule has 0 fully saturated rings. The molecule has 4 aromatic heterocycles.